The van der Waals surface area contributed by atoms with Gasteiger partial charge in [0.25, 0.3) is 0 Å². The van der Waals surface area contributed by atoms with Crippen molar-refractivity contribution in [3.05, 3.63) is 0 Å². The van der Waals surface area contributed by atoms with Gasteiger partial charge in [-0.15, -0.1) is 0 Å². The van der Waals surface area contributed by atoms with E-state index in [9.17, 15) is 0 Å². The van der Waals surface area contributed by atoms with Gasteiger partial charge in [0.15, 0.2) is 0 Å². The first kappa shape index (κ1) is 12.9. The van der Waals surface area contributed by atoms with Crippen molar-refractivity contribution < 1.29 is 9.47 Å². The molecule has 0 radical (unpaired) electrons. The highest BCUT2D eigenvalue weighted by molar-refractivity contribution is 4.64. The molecule has 0 amide bonds. The first-order chi connectivity index (χ1) is 7.08. The molecule has 1 saturated heterocycles. The number of nitrogens with one attached hydrogen (secondary N) is 1. The summed E-state index contributed by atoms with van der Waals surface area (Å²) in [5.41, 5.74) is 0.424. The quantitative estimate of drug-likeness (QED) is 0.686. The topological polar surface area (TPSA) is 30.5 Å². The zero-order valence-electron chi connectivity index (χ0n) is 10.3. The van der Waals surface area contributed by atoms with Gasteiger partial charge in [-0.05, 0) is 24.8 Å². The van der Waals surface area contributed by atoms with Gasteiger partial charge in [-0.25, -0.2) is 0 Å². The summed E-state index contributed by atoms with van der Waals surface area (Å²) in [6.07, 6.45) is 2.61. The van der Waals surface area contributed by atoms with Gasteiger partial charge in [0.05, 0.1) is 19.3 Å². The maximum atomic E-state index is 5.65. The van der Waals surface area contributed by atoms with Gasteiger partial charge in [0.2, 0.25) is 0 Å². The first-order valence-corrected chi connectivity index (χ1v) is 5.98. The maximum Gasteiger partial charge on any atom is 0.0831 e. The summed E-state index contributed by atoms with van der Waals surface area (Å²) in [4.78, 5) is 0. The second kappa shape index (κ2) is 6.46. The lowest BCUT2D eigenvalue weighted by molar-refractivity contribution is 0.0443. The van der Waals surface area contributed by atoms with E-state index in [-0.39, 0.29) is 0 Å². The van der Waals surface area contributed by atoms with Gasteiger partial charge in [-0.1, -0.05) is 20.8 Å². The third-order valence-electron chi connectivity index (χ3n) is 2.57. The Hall–Kier alpha value is -0.120. The summed E-state index contributed by atoms with van der Waals surface area (Å²) in [6, 6.07) is 0. The molecule has 1 aliphatic heterocycles. The SMILES string of the molecule is CC(C)(C)CCNCCOC1CCOC1. The second-order valence-electron chi connectivity index (χ2n) is 5.42. The average Bonchev–Trinajstić information content (AvgIpc) is 2.61. The van der Waals surface area contributed by atoms with E-state index in [1.165, 1.54) is 6.42 Å². The third-order valence-corrected chi connectivity index (χ3v) is 2.57. The fourth-order valence-corrected chi connectivity index (χ4v) is 1.53. The normalized spacial score (nSPS) is 22.2. The predicted molar refractivity (Wildman–Crippen MR) is 62.1 cm³/mol. The van der Waals surface area contributed by atoms with E-state index in [1.54, 1.807) is 0 Å². The first-order valence-electron chi connectivity index (χ1n) is 5.98. The summed E-state index contributed by atoms with van der Waals surface area (Å²) in [5.74, 6) is 0. The van der Waals surface area contributed by atoms with E-state index in [1.807, 2.05) is 0 Å². The monoisotopic (exact) mass is 215 g/mol. The highest BCUT2D eigenvalue weighted by atomic mass is 16.5. The minimum Gasteiger partial charge on any atom is -0.379 e. The Labute approximate surface area is 93.5 Å². The Kier molecular flexibility index (Phi) is 5.58. The molecule has 0 aliphatic carbocycles. The van der Waals surface area contributed by atoms with Crippen molar-refractivity contribution in [2.24, 2.45) is 5.41 Å². The van der Waals surface area contributed by atoms with E-state index < -0.39 is 0 Å². The standard InChI is InChI=1S/C12H25NO2/c1-12(2,3)5-6-13-7-9-15-11-4-8-14-10-11/h11,13H,4-10H2,1-3H3. The van der Waals surface area contributed by atoms with Gasteiger partial charge < -0.3 is 14.8 Å². The Bertz CT molecular complexity index is 159. The highest BCUT2D eigenvalue weighted by Gasteiger charge is 2.15. The van der Waals surface area contributed by atoms with Gasteiger partial charge >= 0.3 is 0 Å². The third kappa shape index (κ3) is 6.88. The molecule has 0 aromatic heterocycles. The van der Waals surface area contributed by atoms with E-state index in [0.29, 0.717) is 11.5 Å². The minimum absolute atomic E-state index is 0.342. The largest absolute Gasteiger partial charge is 0.379 e. The van der Waals surface area contributed by atoms with E-state index in [4.69, 9.17) is 9.47 Å². The summed E-state index contributed by atoms with van der Waals surface area (Å²) < 4.78 is 10.9. The van der Waals surface area contributed by atoms with Crippen LogP contribution in [0.1, 0.15) is 33.6 Å². The molecule has 3 nitrogen and oxygen atoms in total. The molecule has 3 heteroatoms. The predicted octanol–water partition coefficient (Wildman–Crippen LogP) is 1.82. The summed E-state index contributed by atoms with van der Waals surface area (Å²) in [7, 11) is 0. The van der Waals surface area contributed by atoms with Gasteiger partial charge in [0, 0.05) is 13.2 Å². The lowest BCUT2D eigenvalue weighted by atomic mass is 9.92. The van der Waals surface area contributed by atoms with Crippen molar-refractivity contribution >= 4 is 0 Å². The second-order valence-corrected chi connectivity index (χ2v) is 5.42. The van der Waals surface area contributed by atoms with Crippen molar-refractivity contribution in [1.82, 2.24) is 5.32 Å². The van der Waals surface area contributed by atoms with Gasteiger partial charge in [0.1, 0.15) is 0 Å². The summed E-state index contributed by atoms with van der Waals surface area (Å²) in [5, 5.41) is 3.40. The lowest BCUT2D eigenvalue weighted by Crippen LogP contribution is -2.26. The van der Waals surface area contributed by atoms with Gasteiger partial charge in [-0.2, -0.15) is 0 Å². The van der Waals surface area contributed by atoms with Crippen molar-refractivity contribution in [3.63, 3.8) is 0 Å². The number of ether oxygens (including phenoxy) is 2. The zero-order valence-corrected chi connectivity index (χ0v) is 10.3. The fraction of sp³-hybridized carbons (Fsp3) is 1.00. The van der Waals surface area contributed by atoms with E-state index >= 15 is 0 Å². The van der Waals surface area contributed by atoms with Crippen LogP contribution in [-0.2, 0) is 9.47 Å². The number of hydrogen-bond acceptors (Lipinski definition) is 3. The Morgan fingerprint density at radius 3 is 2.73 bits per heavy atom. The molecule has 1 rings (SSSR count). The van der Waals surface area contributed by atoms with Crippen LogP contribution in [-0.4, -0.2) is 39.0 Å². The zero-order chi connectivity index (χ0) is 11.1. The molecule has 1 fully saturated rings. The van der Waals surface area contributed by atoms with Crippen LogP contribution in [0.25, 0.3) is 0 Å². The highest BCUT2D eigenvalue weighted by Crippen LogP contribution is 2.16. The molecule has 1 unspecified atom stereocenters. The van der Waals surface area contributed by atoms with Crippen LogP contribution in [0.2, 0.25) is 0 Å². The molecule has 0 aromatic carbocycles. The summed E-state index contributed by atoms with van der Waals surface area (Å²) >= 11 is 0. The molecular weight excluding hydrogens is 190 g/mol. The van der Waals surface area contributed by atoms with Crippen LogP contribution in [0.5, 0.6) is 0 Å². The molecule has 1 N–H and O–H groups in total. The Morgan fingerprint density at radius 1 is 1.33 bits per heavy atom. The van der Waals surface area contributed by atoms with Crippen molar-refractivity contribution in [2.75, 3.05) is 32.9 Å². The van der Waals surface area contributed by atoms with Crippen LogP contribution >= 0.6 is 0 Å². The molecule has 0 aromatic rings. The number of hydrogen-bond donors (Lipinski definition) is 1. The molecule has 15 heavy (non-hydrogen) atoms. The van der Waals surface area contributed by atoms with E-state index in [0.717, 1.165) is 39.3 Å². The molecule has 90 valence electrons. The fourth-order valence-electron chi connectivity index (χ4n) is 1.53. The molecular formula is C12H25NO2. The maximum absolute atomic E-state index is 5.65. The molecule has 1 atom stereocenters. The van der Waals surface area contributed by atoms with Crippen molar-refractivity contribution in [3.8, 4) is 0 Å². The van der Waals surface area contributed by atoms with Crippen LogP contribution in [0.4, 0.5) is 0 Å². The molecule has 0 saturated carbocycles. The van der Waals surface area contributed by atoms with Crippen molar-refractivity contribution in [2.45, 2.75) is 39.7 Å². The van der Waals surface area contributed by atoms with Crippen molar-refractivity contribution in [1.29, 1.82) is 0 Å². The van der Waals surface area contributed by atoms with E-state index in [2.05, 4.69) is 26.1 Å². The Morgan fingerprint density at radius 2 is 2.13 bits per heavy atom. The van der Waals surface area contributed by atoms with Crippen LogP contribution in [0.15, 0.2) is 0 Å². The van der Waals surface area contributed by atoms with Crippen LogP contribution in [0.3, 0.4) is 0 Å². The van der Waals surface area contributed by atoms with Gasteiger partial charge in [-0.3, -0.25) is 0 Å². The molecule has 1 heterocycles. The molecule has 1 aliphatic rings. The smallest absolute Gasteiger partial charge is 0.0831 e. The van der Waals surface area contributed by atoms with Crippen LogP contribution in [0, 0.1) is 5.41 Å². The number of rotatable bonds is 6. The lowest BCUT2D eigenvalue weighted by Gasteiger charge is -2.18. The molecule has 0 bridgehead atoms. The minimum atomic E-state index is 0.342. The molecule has 0 spiro atoms. The average molecular weight is 215 g/mol. The van der Waals surface area contributed by atoms with Crippen LogP contribution < -0.4 is 5.32 Å². The summed E-state index contributed by atoms with van der Waals surface area (Å²) in [6.45, 7) is 11.3. The Balaban J connectivity index is 1.84.